The number of carbonyl (C=O) groups is 2. The molecule has 20 heavy (non-hydrogen) atoms. The largest absolute Gasteiger partial charge is 0.481 e. The number of carbonyl (C=O) groups excluding carboxylic acids is 1. The zero-order valence-electron chi connectivity index (χ0n) is 12.2. The smallest absolute Gasteiger partial charge is 0.307 e. The van der Waals surface area contributed by atoms with E-state index in [1.54, 1.807) is 0 Å². The van der Waals surface area contributed by atoms with Gasteiger partial charge in [-0.15, -0.1) is 0 Å². The molecule has 2 fully saturated rings. The molecule has 2 rings (SSSR count). The average Bonchev–Trinajstić information content (AvgIpc) is 2.94. The molecule has 114 valence electrons. The Morgan fingerprint density at radius 2 is 1.95 bits per heavy atom. The van der Waals surface area contributed by atoms with E-state index in [0.29, 0.717) is 19.4 Å². The molecule has 0 aromatic rings. The van der Waals surface area contributed by atoms with Crippen molar-refractivity contribution >= 4 is 11.9 Å². The molecule has 0 radical (unpaired) electrons. The SMILES string of the molecule is CCCOC1CCCN(C(=O)[C@@H]2CCC[C@@H]2C(=O)O)C1. The van der Waals surface area contributed by atoms with E-state index in [1.807, 2.05) is 4.90 Å². The number of rotatable bonds is 5. The molecule has 1 unspecified atom stereocenters. The quantitative estimate of drug-likeness (QED) is 0.837. The monoisotopic (exact) mass is 283 g/mol. The van der Waals surface area contributed by atoms with Gasteiger partial charge in [-0.25, -0.2) is 0 Å². The molecule has 5 heteroatoms. The molecule has 3 atom stereocenters. The van der Waals surface area contributed by atoms with Crippen molar-refractivity contribution in [3.8, 4) is 0 Å². The lowest BCUT2D eigenvalue weighted by atomic mass is 9.93. The van der Waals surface area contributed by atoms with Crippen molar-refractivity contribution in [2.45, 2.75) is 51.6 Å². The summed E-state index contributed by atoms with van der Waals surface area (Å²) in [6.45, 7) is 4.17. The summed E-state index contributed by atoms with van der Waals surface area (Å²) in [6, 6.07) is 0. The summed E-state index contributed by atoms with van der Waals surface area (Å²) in [4.78, 5) is 25.6. The summed E-state index contributed by atoms with van der Waals surface area (Å²) >= 11 is 0. The predicted octanol–water partition coefficient (Wildman–Crippen LogP) is 1.90. The Labute approximate surface area is 120 Å². The Hall–Kier alpha value is -1.10. The summed E-state index contributed by atoms with van der Waals surface area (Å²) in [7, 11) is 0. The highest BCUT2D eigenvalue weighted by molar-refractivity contribution is 5.85. The van der Waals surface area contributed by atoms with E-state index in [4.69, 9.17) is 4.74 Å². The maximum atomic E-state index is 12.5. The second kappa shape index (κ2) is 7.07. The van der Waals surface area contributed by atoms with E-state index in [9.17, 15) is 14.7 Å². The third kappa shape index (κ3) is 3.51. The maximum Gasteiger partial charge on any atom is 0.307 e. The van der Waals surface area contributed by atoms with Gasteiger partial charge < -0.3 is 14.7 Å². The Morgan fingerprint density at radius 1 is 1.20 bits per heavy atom. The van der Waals surface area contributed by atoms with E-state index in [2.05, 4.69) is 6.92 Å². The zero-order valence-corrected chi connectivity index (χ0v) is 12.2. The van der Waals surface area contributed by atoms with E-state index in [0.717, 1.165) is 38.8 Å². The molecular weight excluding hydrogens is 258 g/mol. The Bertz CT molecular complexity index is 358. The first-order valence-electron chi connectivity index (χ1n) is 7.76. The number of piperidine rings is 1. The van der Waals surface area contributed by atoms with Gasteiger partial charge in [0.2, 0.25) is 5.91 Å². The van der Waals surface area contributed by atoms with Gasteiger partial charge in [0.05, 0.1) is 17.9 Å². The van der Waals surface area contributed by atoms with Crippen LogP contribution in [0.4, 0.5) is 0 Å². The number of ether oxygens (including phenoxy) is 1. The van der Waals surface area contributed by atoms with Crippen LogP contribution < -0.4 is 0 Å². The van der Waals surface area contributed by atoms with Crippen molar-refractivity contribution in [3.05, 3.63) is 0 Å². The van der Waals surface area contributed by atoms with Gasteiger partial charge in [0.25, 0.3) is 0 Å². The van der Waals surface area contributed by atoms with Crippen LogP contribution in [0, 0.1) is 11.8 Å². The van der Waals surface area contributed by atoms with Crippen LogP contribution in [0.1, 0.15) is 45.4 Å². The van der Waals surface area contributed by atoms with Crippen molar-refractivity contribution < 1.29 is 19.4 Å². The molecule has 1 aliphatic heterocycles. The molecule has 5 nitrogen and oxygen atoms in total. The molecule has 0 aromatic carbocycles. The molecule has 1 aliphatic carbocycles. The summed E-state index contributed by atoms with van der Waals surface area (Å²) in [5.74, 6) is -1.60. The first kappa shape index (κ1) is 15.3. The van der Waals surface area contributed by atoms with Crippen molar-refractivity contribution in [1.82, 2.24) is 4.90 Å². The van der Waals surface area contributed by atoms with Gasteiger partial charge in [0, 0.05) is 19.7 Å². The standard InChI is InChI=1S/C15H25NO4/c1-2-9-20-11-5-4-8-16(10-11)14(17)12-6-3-7-13(12)15(18)19/h11-13H,2-10H2,1H3,(H,18,19)/t11?,12-,13+/m1/s1. The van der Waals surface area contributed by atoms with Gasteiger partial charge >= 0.3 is 5.97 Å². The number of nitrogens with zero attached hydrogens (tertiary/aromatic N) is 1. The minimum Gasteiger partial charge on any atom is -0.481 e. The minimum atomic E-state index is -0.823. The molecule has 1 saturated heterocycles. The number of carboxylic acid groups (broad SMARTS) is 1. The minimum absolute atomic E-state index is 0.0275. The van der Waals surface area contributed by atoms with Gasteiger partial charge in [0.1, 0.15) is 0 Å². The number of hydrogen-bond donors (Lipinski definition) is 1. The Balaban J connectivity index is 1.92. The number of carboxylic acids is 1. The predicted molar refractivity (Wildman–Crippen MR) is 74.3 cm³/mol. The first-order valence-corrected chi connectivity index (χ1v) is 7.76. The topological polar surface area (TPSA) is 66.8 Å². The number of likely N-dealkylation sites (tertiary alicyclic amines) is 1. The first-order chi connectivity index (χ1) is 9.63. The molecule has 1 saturated carbocycles. The lowest BCUT2D eigenvalue weighted by molar-refractivity contribution is -0.150. The van der Waals surface area contributed by atoms with Crippen LogP contribution in [-0.2, 0) is 14.3 Å². The molecule has 0 bridgehead atoms. The molecule has 0 spiro atoms. The zero-order chi connectivity index (χ0) is 14.5. The Morgan fingerprint density at radius 3 is 2.65 bits per heavy atom. The van der Waals surface area contributed by atoms with Gasteiger partial charge in [-0.05, 0) is 32.1 Å². The molecule has 1 N–H and O–H groups in total. The van der Waals surface area contributed by atoms with Crippen LogP contribution in [-0.4, -0.2) is 47.7 Å². The highest BCUT2D eigenvalue weighted by Crippen LogP contribution is 2.34. The summed E-state index contributed by atoms with van der Waals surface area (Å²) in [5.41, 5.74) is 0. The summed E-state index contributed by atoms with van der Waals surface area (Å²) in [6.07, 6.45) is 5.24. The average molecular weight is 283 g/mol. The van der Waals surface area contributed by atoms with Crippen LogP contribution >= 0.6 is 0 Å². The van der Waals surface area contributed by atoms with Crippen molar-refractivity contribution in [2.24, 2.45) is 11.8 Å². The van der Waals surface area contributed by atoms with Crippen molar-refractivity contribution in [1.29, 1.82) is 0 Å². The number of amides is 1. The van der Waals surface area contributed by atoms with E-state index >= 15 is 0 Å². The van der Waals surface area contributed by atoms with Crippen molar-refractivity contribution in [2.75, 3.05) is 19.7 Å². The highest BCUT2D eigenvalue weighted by atomic mass is 16.5. The van der Waals surface area contributed by atoms with Crippen LogP contribution in [0.5, 0.6) is 0 Å². The fourth-order valence-corrected chi connectivity index (χ4v) is 3.34. The normalized spacial score (nSPS) is 30.4. The maximum absolute atomic E-state index is 12.5. The molecule has 1 heterocycles. The van der Waals surface area contributed by atoms with Gasteiger partial charge in [-0.3, -0.25) is 9.59 Å². The van der Waals surface area contributed by atoms with Gasteiger partial charge in [-0.1, -0.05) is 13.3 Å². The summed E-state index contributed by atoms with van der Waals surface area (Å²) < 4.78 is 5.74. The lowest BCUT2D eigenvalue weighted by Crippen LogP contribution is -2.47. The van der Waals surface area contributed by atoms with Crippen LogP contribution in [0.2, 0.25) is 0 Å². The van der Waals surface area contributed by atoms with E-state index in [1.165, 1.54) is 0 Å². The molecule has 0 aromatic heterocycles. The Kier molecular flexibility index (Phi) is 5.40. The fourth-order valence-electron chi connectivity index (χ4n) is 3.34. The second-order valence-electron chi connectivity index (χ2n) is 5.90. The van der Waals surface area contributed by atoms with Gasteiger partial charge in [0.15, 0.2) is 0 Å². The number of hydrogen-bond acceptors (Lipinski definition) is 3. The van der Waals surface area contributed by atoms with E-state index < -0.39 is 11.9 Å². The van der Waals surface area contributed by atoms with Gasteiger partial charge in [-0.2, -0.15) is 0 Å². The third-order valence-electron chi connectivity index (χ3n) is 4.40. The molecule has 2 aliphatic rings. The number of aliphatic carboxylic acids is 1. The molecular formula is C15H25NO4. The van der Waals surface area contributed by atoms with E-state index in [-0.39, 0.29) is 17.9 Å². The van der Waals surface area contributed by atoms with Crippen molar-refractivity contribution in [3.63, 3.8) is 0 Å². The van der Waals surface area contributed by atoms with Crippen LogP contribution in [0.25, 0.3) is 0 Å². The van der Waals surface area contributed by atoms with Crippen LogP contribution in [0.15, 0.2) is 0 Å². The van der Waals surface area contributed by atoms with Crippen LogP contribution in [0.3, 0.4) is 0 Å². The lowest BCUT2D eigenvalue weighted by Gasteiger charge is -2.34. The fraction of sp³-hybridized carbons (Fsp3) is 0.867. The highest BCUT2D eigenvalue weighted by Gasteiger charge is 2.40. The second-order valence-corrected chi connectivity index (χ2v) is 5.90. The molecule has 1 amide bonds. The third-order valence-corrected chi connectivity index (χ3v) is 4.40. The summed E-state index contributed by atoms with van der Waals surface area (Å²) in [5, 5.41) is 9.20.